The molecule has 2 heterocycles. The molecular weight excluding hydrogens is 198 g/mol. The molecule has 0 aliphatic carbocycles. The molecular formula is C11H14F2N2. The summed E-state index contributed by atoms with van der Waals surface area (Å²) in [5.41, 5.74) is 0.626. The first-order valence-corrected chi connectivity index (χ1v) is 5.22. The van der Waals surface area contributed by atoms with Crippen molar-refractivity contribution in [2.24, 2.45) is 0 Å². The zero-order valence-electron chi connectivity index (χ0n) is 8.50. The Labute approximate surface area is 87.9 Å². The molecule has 0 aromatic carbocycles. The average Bonchev–Trinajstić information content (AvgIpc) is 2.71. The predicted octanol–water partition coefficient (Wildman–Crippen LogP) is 2.62. The van der Waals surface area contributed by atoms with Crippen LogP contribution in [0.4, 0.5) is 8.78 Å². The van der Waals surface area contributed by atoms with Crippen LogP contribution in [0.15, 0.2) is 18.2 Å². The second kappa shape index (κ2) is 4.66. The van der Waals surface area contributed by atoms with Crippen molar-refractivity contribution < 1.29 is 8.78 Å². The highest BCUT2D eigenvalue weighted by Gasteiger charge is 2.14. The van der Waals surface area contributed by atoms with E-state index in [1.54, 1.807) is 6.07 Å². The summed E-state index contributed by atoms with van der Waals surface area (Å²) in [5, 5.41) is 0. The monoisotopic (exact) mass is 212 g/mol. The molecule has 0 amide bonds. The lowest BCUT2D eigenvalue weighted by molar-refractivity contribution is 0.145. The first kappa shape index (κ1) is 10.5. The SMILES string of the molecule is FC(F)c1cccc(CN2CCCC2)n1. The minimum absolute atomic E-state index is 0.119. The van der Waals surface area contributed by atoms with Gasteiger partial charge in [0.1, 0.15) is 5.69 Å². The van der Waals surface area contributed by atoms with Crippen molar-refractivity contribution in [1.29, 1.82) is 0 Å². The molecule has 15 heavy (non-hydrogen) atoms. The Hall–Kier alpha value is -1.03. The van der Waals surface area contributed by atoms with Crippen molar-refractivity contribution in [3.63, 3.8) is 0 Å². The molecule has 0 N–H and O–H groups in total. The number of hydrogen-bond donors (Lipinski definition) is 0. The van der Waals surface area contributed by atoms with E-state index in [2.05, 4.69) is 9.88 Å². The number of likely N-dealkylation sites (tertiary alicyclic amines) is 1. The summed E-state index contributed by atoms with van der Waals surface area (Å²) in [6.45, 7) is 2.81. The Kier molecular flexibility index (Phi) is 3.26. The molecule has 0 atom stereocenters. The van der Waals surface area contributed by atoms with Crippen LogP contribution >= 0.6 is 0 Å². The minimum atomic E-state index is -2.47. The van der Waals surface area contributed by atoms with Gasteiger partial charge in [0.15, 0.2) is 0 Å². The molecule has 1 saturated heterocycles. The van der Waals surface area contributed by atoms with Crippen molar-refractivity contribution >= 4 is 0 Å². The van der Waals surface area contributed by atoms with E-state index >= 15 is 0 Å². The molecule has 4 heteroatoms. The van der Waals surface area contributed by atoms with E-state index in [9.17, 15) is 8.78 Å². The maximum absolute atomic E-state index is 12.4. The minimum Gasteiger partial charge on any atom is -0.298 e. The van der Waals surface area contributed by atoms with Gasteiger partial charge in [-0.3, -0.25) is 9.88 Å². The van der Waals surface area contributed by atoms with Crippen LogP contribution < -0.4 is 0 Å². The molecule has 1 aromatic rings. The third-order valence-corrected chi connectivity index (χ3v) is 2.64. The molecule has 2 nitrogen and oxygen atoms in total. The molecule has 2 rings (SSSR count). The summed E-state index contributed by atoms with van der Waals surface area (Å²) >= 11 is 0. The van der Waals surface area contributed by atoms with Gasteiger partial charge in [0.25, 0.3) is 6.43 Å². The van der Waals surface area contributed by atoms with Crippen LogP contribution in [-0.2, 0) is 6.54 Å². The van der Waals surface area contributed by atoms with Gasteiger partial charge in [-0.15, -0.1) is 0 Å². The summed E-state index contributed by atoms with van der Waals surface area (Å²) in [5.74, 6) is 0. The van der Waals surface area contributed by atoms with Gasteiger partial charge in [-0.05, 0) is 38.1 Å². The highest BCUT2D eigenvalue weighted by Crippen LogP contribution is 2.17. The Bertz CT molecular complexity index is 322. The van der Waals surface area contributed by atoms with E-state index in [0.717, 1.165) is 18.8 Å². The van der Waals surface area contributed by atoms with E-state index < -0.39 is 6.43 Å². The largest absolute Gasteiger partial charge is 0.298 e. The number of pyridine rings is 1. The lowest BCUT2D eigenvalue weighted by atomic mass is 10.3. The number of halogens is 2. The van der Waals surface area contributed by atoms with E-state index in [1.165, 1.54) is 18.9 Å². The van der Waals surface area contributed by atoms with E-state index in [1.807, 2.05) is 6.07 Å². The van der Waals surface area contributed by atoms with Gasteiger partial charge in [0.05, 0.1) is 5.69 Å². The van der Waals surface area contributed by atoms with Crippen molar-refractivity contribution in [2.45, 2.75) is 25.8 Å². The van der Waals surface area contributed by atoms with Gasteiger partial charge >= 0.3 is 0 Å². The van der Waals surface area contributed by atoms with Gasteiger partial charge in [-0.1, -0.05) is 6.07 Å². The van der Waals surface area contributed by atoms with Crippen LogP contribution in [0.25, 0.3) is 0 Å². The maximum Gasteiger partial charge on any atom is 0.280 e. The smallest absolute Gasteiger partial charge is 0.280 e. The quantitative estimate of drug-likeness (QED) is 0.765. The topological polar surface area (TPSA) is 16.1 Å². The summed E-state index contributed by atoms with van der Waals surface area (Å²) in [6.07, 6.45) is -0.0631. The zero-order valence-corrected chi connectivity index (χ0v) is 8.50. The Morgan fingerprint density at radius 1 is 1.27 bits per heavy atom. The van der Waals surface area contributed by atoms with Crippen molar-refractivity contribution in [2.75, 3.05) is 13.1 Å². The summed E-state index contributed by atoms with van der Waals surface area (Å²) in [6, 6.07) is 4.84. The second-order valence-corrected chi connectivity index (χ2v) is 3.84. The zero-order chi connectivity index (χ0) is 10.7. The van der Waals surface area contributed by atoms with Crippen LogP contribution in [0, 0.1) is 0 Å². The third-order valence-electron chi connectivity index (χ3n) is 2.64. The molecule has 1 aliphatic rings. The third kappa shape index (κ3) is 2.72. The first-order valence-electron chi connectivity index (χ1n) is 5.22. The molecule has 1 aliphatic heterocycles. The molecule has 0 bridgehead atoms. The molecule has 0 radical (unpaired) electrons. The molecule has 0 saturated carbocycles. The summed E-state index contributed by atoms with van der Waals surface area (Å²) in [4.78, 5) is 6.19. The molecule has 0 unspecified atom stereocenters. The highest BCUT2D eigenvalue weighted by molar-refractivity contribution is 5.12. The fraction of sp³-hybridized carbons (Fsp3) is 0.545. The van der Waals surface area contributed by atoms with E-state index in [-0.39, 0.29) is 5.69 Å². The Morgan fingerprint density at radius 2 is 2.00 bits per heavy atom. The number of aromatic nitrogens is 1. The van der Waals surface area contributed by atoms with Crippen molar-refractivity contribution in [3.05, 3.63) is 29.6 Å². The van der Waals surface area contributed by atoms with Gasteiger partial charge in [-0.25, -0.2) is 8.78 Å². The van der Waals surface area contributed by atoms with Crippen LogP contribution in [0.1, 0.15) is 30.7 Å². The summed E-state index contributed by atoms with van der Waals surface area (Å²) in [7, 11) is 0. The standard InChI is InChI=1S/C11H14F2N2/c12-11(13)10-5-3-4-9(14-10)8-15-6-1-2-7-15/h3-5,11H,1-2,6-8H2. The number of hydrogen-bond acceptors (Lipinski definition) is 2. The van der Waals surface area contributed by atoms with Crippen LogP contribution in [0.5, 0.6) is 0 Å². The Balaban J connectivity index is 2.04. The first-order chi connectivity index (χ1) is 7.25. The lowest BCUT2D eigenvalue weighted by Crippen LogP contribution is -2.19. The number of nitrogens with zero attached hydrogens (tertiary/aromatic N) is 2. The van der Waals surface area contributed by atoms with Gasteiger partial charge < -0.3 is 0 Å². The van der Waals surface area contributed by atoms with Crippen LogP contribution in [0.2, 0.25) is 0 Å². The van der Waals surface area contributed by atoms with Crippen LogP contribution in [0.3, 0.4) is 0 Å². The number of rotatable bonds is 3. The fourth-order valence-electron chi connectivity index (χ4n) is 1.88. The van der Waals surface area contributed by atoms with Gasteiger partial charge in [0, 0.05) is 6.54 Å². The molecule has 0 spiro atoms. The average molecular weight is 212 g/mol. The maximum atomic E-state index is 12.4. The summed E-state index contributed by atoms with van der Waals surface area (Å²) < 4.78 is 24.8. The van der Waals surface area contributed by atoms with Gasteiger partial charge in [0.2, 0.25) is 0 Å². The van der Waals surface area contributed by atoms with Crippen molar-refractivity contribution in [3.8, 4) is 0 Å². The lowest BCUT2D eigenvalue weighted by Gasteiger charge is -2.14. The predicted molar refractivity (Wildman–Crippen MR) is 53.7 cm³/mol. The molecule has 1 fully saturated rings. The number of alkyl halides is 2. The van der Waals surface area contributed by atoms with Crippen molar-refractivity contribution in [1.82, 2.24) is 9.88 Å². The van der Waals surface area contributed by atoms with Crippen LogP contribution in [-0.4, -0.2) is 23.0 Å². The fourth-order valence-corrected chi connectivity index (χ4v) is 1.88. The van der Waals surface area contributed by atoms with Gasteiger partial charge in [-0.2, -0.15) is 0 Å². The molecule has 82 valence electrons. The van der Waals surface area contributed by atoms with E-state index in [0.29, 0.717) is 6.54 Å². The normalized spacial score (nSPS) is 17.5. The second-order valence-electron chi connectivity index (χ2n) is 3.84. The highest BCUT2D eigenvalue weighted by atomic mass is 19.3. The Morgan fingerprint density at radius 3 is 2.67 bits per heavy atom. The van der Waals surface area contributed by atoms with E-state index in [4.69, 9.17) is 0 Å². The molecule has 1 aromatic heterocycles.